The molecule has 4 heteroatoms. The van der Waals surface area contributed by atoms with Crippen LogP contribution in [0.3, 0.4) is 0 Å². The van der Waals surface area contributed by atoms with Crippen molar-refractivity contribution in [1.82, 2.24) is 10.2 Å². The summed E-state index contributed by atoms with van der Waals surface area (Å²) >= 11 is 0. The van der Waals surface area contributed by atoms with Crippen molar-refractivity contribution in [3.63, 3.8) is 0 Å². The van der Waals surface area contributed by atoms with Crippen molar-refractivity contribution >= 4 is 0 Å². The molecule has 2 N–H and O–H groups in total. The van der Waals surface area contributed by atoms with E-state index in [0.717, 1.165) is 52.2 Å². The zero-order valence-corrected chi connectivity index (χ0v) is 20.4. The van der Waals surface area contributed by atoms with Gasteiger partial charge in [0.1, 0.15) is 0 Å². The fraction of sp³-hybridized carbons (Fsp3) is 1.00. The van der Waals surface area contributed by atoms with Gasteiger partial charge < -0.3 is 20.1 Å². The molecule has 1 aliphatic rings. The molecule has 180 valence electrons. The Morgan fingerprint density at radius 3 is 1.70 bits per heavy atom. The maximum atomic E-state index is 10.0. The smallest absolute Gasteiger partial charge is 0.0785 e. The number of aliphatic hydroxyl groups is 1. The number of hydrogen-bond donors (Lipinski definition) is 2. The molecule has 1 aliphatic heterocycles. The molecule has 0 aliphatic carbocycles. The van der Waals surface area contributed by atoms with Crippen LogP contribution in [0.15, 0.2) is 0 Å². The number of unbranched alkanes of at least 4 members (excludes halogenated alkanes) is 15. The van der Waals surface area contributed by atoms with Gasteiger partial charge in [0.05, 0.1) is 12.7 Å². The van der Waals surface area contributed by atoms with E-state index in [1.54, 1.807) is 0 Å². The SMILES string of the molecule is CCCCCCCCCCCCCCCCCCOCC(O)CCN1CCNCC1. The first kappa shape index (κ1) is 27.9. The summed E-state index contributed by atoms with van der Waals surface area (Å²) in [6.07, 6.45) is 22.9. The standard InChI is InChI=1S/C26H54N2O2/c1-2-3-4-5-6-7-8-9-10-11-12-13-14-15-16-17-24-30-25-26(29)18-21-28-22-19-27-20-23-28/h26-27,29H,2-25H2,1H3. The molecular weight excluding hydrogens is 372 g/mol. The molecule has 0 spiro atoms. The lowest BCUT2D eigenvalue weighted by atomic mass is 10.0. The summed E-state index contributed by atoms with van der Waals surface area (Å²) in [7, 11) is 0. The van der Waals surface area contributed by atoms with E-state index >= 15 is 0 Å². The van der Waals surface area contributed by atoms with Crippen LogP contribution in [-0.4, -0.2) is 62.0 Å². The average molecular weight is 427 g/mol. The highest BCUT2D eigenvalue weighted by atomic mass is 16.5. The third-order valence-corrected chi connectivity index (χ3v) is 6.44. The Kier molecular flexibility index (Phi) is 20.5. The summed E-state index contributed by atoms with van der Waals surface area (Å²) in [6, 6.07) is 0. The van der Waals surface area contributed by atoms with Crippen molar-refractivity contribution in [1.29, 1.82) is 0 Å². The Balaban J connectivity index is 1.69. The van der Waals surface area contributed by atoms with Gasteiger partial charge >= 0.3 is 0 Å². The van der Waals surface area contributed by atoms with Crippen molar-refractivity contribution in [2.24, 2.45) is 0 Å². The van der Waals surface area contributed by atoms with Gasteiger partial charge in [-0.25, -0.2) is 0 Å². The third-order valence-electron chi connectivity index (χ3n) is 6.44. The average Bonchev–Trinajstić information content (AvgIpc) is 2.77. The molecular formula is C26H54N2O2. The van der Waals surface area contributed by atoms with Crippen LogP contribution < -0.4 is 5.32 Å². The molecule has 30 heavy (non-hydrogen) atoms. The normalized spacial score (nSPS) is 16.2. The molecule has 0 amide bonds. The minimum absolute atomic E-state index is 0.305. The first-order valence-electron chi connectivity index (χ1n) is 13.5. The quantitative estimate of drug-likeness (QED) is 0.211. The van der Waals surface area contributed by atoms with Crippen molar-refractivity contribution in [3.05, 3.63) is 0 Å². The van der Waals surface area contributed by atoms with E-state index in [4.69, 9.17) is 4.74 Å². The molecule has 4 nitrogen and oxygen atoms in total. The lowest BCUT2D eigenvalue weighted by Crippen LogP contribution is -2.44. The van der Waals surface area contributed by atoms with Crippen molar-refractivity contribution in [2.75, 3.05) is 45.9 Å². The highest BCUT2D eigenvalue weighted by Gasteiger charge is 2.11. The first-order valence-corrected chi connectivity index (χ1v) is 13.5. The van der Waals surface area contributed by atoms with Crippen LogP contribution in [-0.2, 0) is 4.74 Å². The molecule has 1 unspecified atom stereocenters. The Labute approximate surface area is 188 Å². The minimum atomic E-state index is -0.305. The lowest BCUT2D eigenvalue weighted by molar-refractivity contribution is 0.0252. The van der Waals surface area contributed by atoms with E-state index < -0.39 is 0 Å². The Morgan fingerprint density at radius 2 is 1.20 bits per heavy atom. The summed E-state index contributed by atoms with van der Waals surface area (Å²) in [6.45, 7) is 8.95. The third kappa shape index (κ3) is 18.6. The van der Waals surface area contributed by atoms with Crippen LogP contribution >= 0.6 is 0 Å². The largest absolute Gasteiger partial charge is 0.391 e. The van der Waals surface area contributed by atoms with Gasteiger partial charge in [0, 0.05) is 39.3 Å². The van der Waals surface area contributed by atoms with Gasteiger partial charge in [-0.3, -0.25) is 0 Å². The molecule has 1 fully saturated rings. The summed E-state index contributed by atoms with van der Waals surface area (Å²) < 4.78 is 5.67. The molecule has 1 heterocycles. The summed E-state index contributed by atoms with van der Waals surface area (Å²) in [5.41, 5.74) is 0. The predicted molar refractivity (Wildman–Crippen MR) is 130 cm³/mol. The Bertz CT molecular complexity index is 335. The monoisotopic (exact) mass is 426 g/mol. The zero-order chi connectivity index (χ0) is 21.5. The van der Waals surface area contributed by atoms with E-state index in [-0.39, 0.29) is 6.10 Å². The van der Waals surface area contributed by atoms with Gasteiger partial charge in [-0.1, -0.05) is 103 Å². The number of aliphatic hydroxyl groups excluding tert-OH is 1. The number of nitrogens with one attached hydrogen (secondary N) is 1. The number of rotatable bonds is 22. The predicted octanol–water partition coefficient (Wildman–Crippen LogP) is 5.92. The molecule has 0 bridgehead atoms. The van der Waals surface area contributed by atoms with Crippen molar-refractivity contribution in [3.8, 4) is 0 Å². The van der Waals surface area contributed by atoms with Gasteiger partial charge in [0.25, 0.3) is 0 Å². The number of hydrogen-bond acceptors (Lipinski definition) is 4. The molecule has 0 aromatic carbocycles. The molecule has 0 aromatic heterocycles. The lowest BCUT2D eigenvalue weighted by Gasteiger charge is -2.27. The molecule has 0 aromatic rings. The number of nitrogens with zero attached hydrogens (tertiary/aromatic N) is 1. The molecule has 0 radical (unpaired) electrons. The zero-order valence-electron chi connectivity index (χ0n) is 20.4. The maximum Gasteiger partial charge on any atom is 0.0785 e. The van der Waals surface area contributed by atoms with Gasteiger partial charge in [-0.15, -0.1) is 0 Å². The molecule has 1 rings (SSSR count). The fourth-order valence-electron chi connectivity index (χ4n) is 4.32. The van der Waals surface area contributed by atoms with Crippen LogP contribution in [0, 0.1) is 0 Å². The van der Waals surface area contributed by atoms with E-state index in [0.29, 0.717) is 6.61 Å². The Morgan fingerprint density at radius 1 is 0.733 bits per heavy atom. The van der Waals surface area contributed by atoms with E-state index in [1.165, 1.54) is 96.3 Å². The second-order valence-corrected chi connectivity index (χ2v) is 9.41. The topological polar surface area (TPSA) is 44.7 Å². The van der Waals surface area contributed by atoms with E-state index in [2.05, 4.69) is 17.1 Å². The second-order valence-electron chi connectivity index (χ2n) is 9.41. The fourth-order valence-corrected chi connectivity index (χ4v) is 4.32. The van der Waals surface area contributed by atoms with Gasteiger partial charge in [0.15, 0.2) is 0 Å². The Hall–Kier alpha value is -0.160. The van der Waals surface area contributed by atoms with Crippen LogP contribution in [0.4, 0.5) is 0 Å². The van der Waals surface area contributed by atoms with E-state index in [9.17, 15) is 5.11 Å². The van der Waals surface area contributed by atoms with Crippen molar-refractivity contribution in [2.45, 2.75) is 122 Å². The van der Waals surface area contributed by atoms with Gasteiger partial charge in [-0.2, -0.15) is 0 Å². The summed E-state index contributed by atoms with van der Waals surface area (Å²) in [4.78, 5) is 2.43. The first-order chi connectivity index (χ1) is 14.8. The van der Waals surface area contributed by atoms with Crippen LogP contribution in [0.1, 0.15) is 116 Å². The second kappa shape index (κ2) is 22.0. The number of ether oxygens (including phenoxy) is 1. The van der Waals surface area contributed by atoms with Crippen LogP contribution in [0.5, 0.6) is 0 Å². The highest BCUT2D eigenvalue weighted by molar-refractivity contribution is 4.69. The molecule has 1 saturated heterocycles. The maximum absolute atomic E-state index is 10.0. The minimum Gasteiger partial charge on any atom is -0.391 e. The summed E-state index contributed by atoms with van der Waals surface area (Å²) in [5, 5.41) is 13.4. The summed E-state index contributed by atoms with van der Waals surface area (Å²) in [5.74, 6) is 0. The van der Waals surface area contributed by atoms with Crippen LogP contribution in [0.2, 0.25) is 0 Å². The highest BCUT2D eigenvalue weighted by Crippen LogP contribution is 2.13. The van der Waals surface area contributed by atoms with Gasteiger partial charge in [0.2, 0.25) is 0 Å². The van der Waals surface area contributed by atoms with Crippen molar-refractivity contribution < 1.29 is 9.84 Å². The van der Waals surface area contributed by atoms with E-state index in [1.807, 2.05) is 0 Å². The molecule has 1 atom stereocenters. The number of piperazine rings is 1. The molecule has 0 saturated carbocycles. The van der Waals surface area contributed by atoms with Gasteiger partial charge in [-0.05, 0) is 12.8 Å². The van der Waals surface area contributed by atoms with Crippen LogP contribution in [0.25, 0.3) is 0 Å².